The molecule has 2 aromatic heterocycles. The van der Waals surface area contributed by atoms with Crippen molar-refractivity contribution < 1.29 is 4.74 Å². The second kappa shape index (κ2) is 9.46. The highest BCUT2D eigenvalue weighted by Crippen LogP contribution is 2.28. The number of morpholine rings is 1. The molecule has 3 heterocycles. The molecule has 30 heavy (non-hydrogen) atoms. The number of nitrogen functional groups attached to an aromatic ring is 1. The van der Waals surface area contributed by atoms with Gasteiger partial charge in [0, 0.05) is 61.6 Å². The molecule has 3 aromatic rings. The van der Waals surface area contributed by atoms with Crippen LogP contribution in [0.4, 0.5) is 5.95 Å². The summed E-state index contributed by atoms with van der Waals surface area (Å²) in [4.78, 5) is 22.3. The molecule has 0 bridgehead atoms. The van der Waals surface area contributed by atoms with Crippen LogP contribution in [0.5, 0.6) is 0 Å². The molecule has 0 amide bonds. The van der Waals surface area contributed by atoms with Crippen LogP contribution in [0.15, 0.2) is 46.2 Å². The highest BCUT2D eigenvalue weighted by Gasteiger charge is 2.16. The summed E-state index contributed by atoms with van der Waals surface area (Å²) in [6.07, 6.45) is 2.68. The SMILES string of the molecule is Cn1cc(Cc2ccccc2SCCN2CCOCC2)c(-c2cc(=O)[nH]c(N)n2)n1. The fourth-order valence-corrected chi connectivity index (χ4v) is 4.66. The minimum Gasteiger partial charge on any atom is -0.379 e. The summed E-state index contributed by atoms with van der Waals surface area (Å²) in [6.45, 7) is 4.72. The predicted molar refractivity (Wildman–Crippen MR) is 119 cm³/mol. The minimum atomic E-state index is -0.284. The molecular weight excluding hydrogens is 400 g/mol. The van der Waals surface area contributed by atoms with E-state index in [0.717, 1.165) is 44.2 Å². The van der Waals surface area contributed by atoms with Crippen LogP contribution >= 0.6 is 11.8 Å². The van der Waals surface area contributed by atoms with Gasteiger partial charge in [0.1, 0.15) is 11.4 Å². The van der Waals surface area contributed by atoms with E-state index in [1.165, 1.54) is 16.5 Å². The van der Waals surface area contributed by atoms with Gasteiger partial charge in [-0.25, -0.2) is 4.98 Å². The molecule has 8 nitrogen and oxygen atoms in total. The molecule has 1 fully saturated rings. The number of aromatic nitrogens is 4. The minimum absolute atomic E-state index is 0.0909. The zero-order valence-electron chi connectivity index (χ0n) is 17.0. The number of aryl methyl sites for hydroxylation is 1. The maximum Gasteiger partial charge on any atom is 0.252 e. The van der Waals surface area contributed by atoms with Crippen LogP contribution < -0.4 is 11.3 Å². The maximum absolute atomic E-state index is 11.8. The Bertz CT molecular complexity index is 1060. The summed E-state index contributed by atoms with van der Waals surface area (Å²) in [5, 5.41) is 4.53. The second-order valence-corrected chi connectivity index (χ2v) is 8.42. The standard InChI is InChI=1S/C21H26N6O2S/c1-26-14-16(20(25-26)17-13-19(28)24-21(22)23-17)12-15-4-2-3-5-18(15)30-11-8-27-6-9-29-10-7-27/h2-5,13-14H,6-12H2,1H3,(H3,22,23,24,28). The van der Waals surface area contributed by atoms with Gasteiger partial charge in [0.15, 0.2) is 0 Å². The van der Waals surface area contributed by atoms with Crippen molar-refractivity contribution in [3.05, 3.63) is 58.0 Å². The van der Waals surface area contributed by atoms with Crippen LogP contribution in [-0.2, 0) is 18.2 Å². The van der Waals surface area contributed by atoms with Crippen LogP contribution in [0.1, 0.15) is 11.1 Å². The summed E-state index contributed by atoms with van der Waals surface area (Å²) in [5.41, 5.74) is 8.86. The lowest BCUT2D eigenvalue weighted by atomic mass is 10.0. The fourth-order valence-electron chi connectivity index (χ4n) is 3.59. The third kappa shape index (κ3) is 5.10. The average molecular weight is 427 g/mol. The van der Waals surface area contributed by atoms with E-state index in [1.807, 2.05) is 25.0 Å². The number of hydrogen-bond donors (Lipinski definition) is 2. The van der Waals surface area contributed by atoms with Crippen molar-refractivity contribution in [2.24, 2.45) is 7.05 Å². The van der Waals surface area contributed by atoms with E-state index < -0.39 is 0 Å². The normalized spacial score (nSPS) is 14.8. The molecule has 0 unspecified atom stereocenters. The largest absolute Gasteiger partial charge is 0.379 e. The molecule has 158 valence electrons. The number of hydrogen-bond acceptors (Lipinski definition) is 7. The van der Waals surface area contributed by atoms with E-state index in [0.29, 0.717) is 17.8 Å². The first-order valence-electron chi connectivity index (χ1n) is 9.99. The lowest BCUT2D eigenvalue weighted by molar-refractivity contribution is 0.0410. The molecule has 1 saturated heterocycles. The number of aromatic amines is 1. The van der Waals surface area contributed by atoms with Gasteiger partial charge in [0.2, 0.25) is 5.95 Å². The number of nitrogens with zero attached hydrogens (tertiary/aromatic N) is 4. The predicted octanol–water partition coefficient (Wildman–Crippen LogP) is 1.77. The van der Waals surface area contributed by atoms with E-state index in [-0.39, 0.29) is 11.5 Å². The number of benzene rings is 1. The molecule has 0 atom stereocenters. The quantitative estimate of drug-likeness (QED) is 0.555. The average Bonchev–Trinajstić information content (AvgIpc) is 3.09. The van der Waals surface area contributed by atoms with Gasteiger partial charge >= 0.3 is 0 Å². The third-order valence-corrected chi connectivity index (χ3v) is 6.13. The summed E-state index contributed by atoms with van der Waals surface area (Å²) < 4.78 is 7.17. The summed E-state index contributed by atoms with van der Waals surface area (Å²) in [7, 11) is 1.87. The topological polar surface area (TPSA) is 102 Å². The molecule has 4 rings (SSSR count). The van der Waals surface area contributed by atoms with Gasteiger partial charge in [-0.2, -0.15) is 5.10 Å². The Morgan fingerprint density at radius 2 is 2.03 bits per heavy atom. The van der Waals surface area contributed by atoms with E-state index in [9.17, 15) is 4.79 Å². The second-order valence-electron chi connectivity index (χ2n) is 7.28. The van der Waals surface area contributed by atoms with E-state index >= 15 is 0 Å². The first-order valence-corrected chi connectivity index (χ1v) is 11.0. The molecule has 0 radical (unpaired) electrons. The number of H-pyrrole nitrogens is 1. The van der Waals surface area contributed by atoms with Crippen molar-refractivity contribution in [2.75, 3.05) is 44.3 Å². The Balaban J connectivity index is 1.51. The third-order valence-electron chi connectivity index (χ3n) is 5.03. The number of anilines is 1. The lowest BCUT2D eigenvalue weighted by Crippen LogP contribution is -2.37. The zero-order valence-corrected chi connectivity index (χ0v) is 17.8. The van der Waals surface area contributed by atoms with Crippen molar-refractivity contribution in [3.8, 4) is 11.4 Å². The molecule has 0 aliphatic carbocycles. The van der Waals surface area contributed by atoms with Crippen LogP contribution in [-0.4, -0.2) is 63.2 Å². The van der Waals surface area contributed by atoms with Crippen molar-refractivity contribution in [1.29, 1.82) is 0 Å². The number of nitrogens with one attached hydrogen (secondary N) is 1. The molecule has 0 saturated carbocycles. The van der Waals surface area contributed by atoms with Gasteiger partial charge in [-0.1, -0.05) is 18.2 Å². The van der Waals surface area contributed by atoms with Gasteiger partial charge in [0.05, 0.1) is 13.2 Å². The van der Waals surface area contributed by atoms with Crippen molar-refractivity contribution in [2.45, 2.75) is 11.3 Å². The lowest BCUT2D eigenvalue weighted by Gasteiger charge is -2.26. The van der Waals surface area contributed by atoms with E-state index in [1.54, 1.807) is 4.68 Å². The number of nitrogens with two attached hydrogens (primary N) is 1. The molecule has 1 aliphatic heterocycles. The van der Waals surface area contributed by atoms with Gasteiger partial charge in [-0.15, -0.1) is 11.8 Å². The summed E-state index contributed by atoms with van der Waals surface area (Å²) >= 11 is 1.87. The van der Waals surface area contributed by atoms with Crippen molar-refractivity contribution in [1.82, 2.24) is 24.6 Å². The Hall–Kier alpha value is -2.62. The van der Waals surface area contributed by atoms with Crippen LogP contribution in [0, 0.1) is 0 Å². The molecule has 0 spiro atoms. The Morgan fingerprint density at radius 3 is 2.83 bits per heavy atom. The number of ether oxygens (including phenoxy) is 1. The monoisotopic (exact) mass is 426 g/mol. The Kier molecular flexibility index (Phi) is 6.51. The molecule has 1 aliphatic rings. The highest BCUT2D eigenvalue weighted by molar-refractivity contribution is 7.99. The van der Waals surface area contributed by atoms with Gasteiger partial charge in [-0.3, -0.25) is 19.4 Å². The molecule has 3 N–H and O–H groups in total. The van der Waals surface area contributed by atoms with Crippen LogP contribution in [0.3, 0.4) is 0 Å². The number of thioether (sulfide) groups is 1. The van der Waals surface area contributed by atoms with Crippen molar-refractivity contribution >= 4 is 17.7 Å². The maximum atomic E-state index is 11.8. The Morgan fingerprint density at radius 1 is 1.23 bits per heavy atom. The molecule has 9 heteroatoms. The summed E-state index contributed by atoms with van der Waals surface area (Å²) in [5.74, 6) is 1.12. The van der Waals surface area contributed by atoms with Crippen molar-refractivity contribution in [3.63, 3.8) is 0 Å². The first kappa shape index (κ1) is 20.6. The van der Waals surface area contributed by atoms with Crippen LogP contribution in [0.2, 0.25) is 0 Å². The Labute approximate surface area is 179 Å². The van der Waals surface area contributed by atoms with E-state index in [2.05, 4.69) is 44.2 Å². The van der Waals surface area contributed by atoms with E-state index in [4.69, 9.17) is 10.5 Å². The highest BCUT2D eigenvalue weighted by atomic mass is 32.2. The fraction of sp³-hybridized carbons (Fsp3) is 0.381. The molecule has 1 aromatic carbocycles. The van der Waals surface area contributed by atoms with Gasteiger partial charge in [0.25, 0.3) is 5.56 Å². The van der Waals surface area contributed by atoms with Gasteiger partial charge in [-0.05, 0) is 11.6 Å². The summed E-state index contributed by atoms with van der Waals surface area (Å²) in [6, 6.07) is 9.88. The number of rotatable bonds is 7. The smallest absolute Gasteiger partial charge is 0.252 e. The van der Waals surface area contributed by atoms with Crippen LogP contribution in [0.25, 0.3) is 11.4 Å². The zero-order chi connectivity index (χ0) is 20.9. The molecular formula is C21H26N6O2S. The first-order chi connectivity index (χ1) is 14.6. The van der Waals surface area contributed by atoms with Gasteiger partial charge < -0.3 is 10.5 Å².